The van der Waals surface area contributed by atoms with E-state index in [0.29, 0.717) is 12.5 Å². The third-order valence-electron chi connectivity index (χ3n) is 2.11. The van der Waals surface area contributed by atoms with Gasteiger partial charge in [0.2, 0.25) is 0 Å². The number of carbonyl (C=O) groups is 2. The summed E-state index contributed by atoms with van der Waals surface area (Å²) < 4.78 is 0. The van der Waals surface area contributed by atoms with Gasteiger partial charge < -0.3 is 21.1 Å². The zero-order chi connectivity index (χ0) is 10.4. The molecule has 1 rings (SSSR count). The van der Waals surface area contributed by atoms with Crippen LogP contribution < -0.4 is 16.0 Å². The van der Waals surface area contributed by atoms with Crippen molar-refractivity contribution in [2.45, 2.75) is 6.42 Å². The molecular weight excluding hydrogens is 186 g/mol. The van der Waals surface area contributed by atoms with Crippen LogP contribution in [0.1, 0.15) is 6.42 Å². The van der Waals surface area contributed by atoms with Crippen molar-refractivity contribution in [2.24, 2.45) is 5.92 Å². The van der Waals surface area contributed by atoms with Crippen molar-refractivity contribution in [3.05, 3.63) is 0 Å². The largest absolute Gasteiger partial charge is 0.480 e. The minimum Gasteiger partial charge on any atom is -0.480 e. The molecule has 0 aromatic carbocycles. The average Bonchev–Trinajstić information content (AvgIpc) is 2.63. The van der Waals surface area contributed by atoms with Gasteiger partial charge >= 0.3 is 12.0 Å². The van der Waals surface area contributed by atoms with Gasteiger partial charge in [-0.3, -0.25) is 4.79 Å². The molecule has 1 aliphatic rings. The molecule has 14 heavy (non-hydrogen) atoms. The highest BCUT2D eigenvalue weighted by Crippen LogP contribution is 2.04. The number of carboxylic acid groups (broad SMARTS) is 1. The van der Waals surface area contributed by atoms with Gasteiger partial charge in [0.1, 0.15) is 6.54 Å². The first-order valence-electron chi connectivity index (χ1n) is 4.62. The van der Waals surface area contributed by atoms with E-state index in [-0.39, 0.29) is 6.54 Å². The summed E-state index contributed by atoms with van der Waals surface area (Å²) in [4.78, 5) is 21.1. The minimum absolute atomic E-state index is 0.339. The number of hydrogen-bond acceptors (Lipinski definition) is 3. The molecule has 0 saturated carbocycles. The second-order valence-corrected chi connectivity index (χ2v) is 3.32. The van der Waals surface area contributed by atoms with Crippen LogP contribution in [0.5, 0.6) is 0 Å². The molecule has 0 aromatic rings. The van der Waals surface area contributed by atoms with Crippen molar-refractivity contribution in [3.63, 3.8) is 0 Å². The van der Waals surface area contributed by atoms with Crippen molar-refractivity contribution < 1.29 is 14.7 Å². The maximum Gasteiger partial charge on any atom is 0.323 e. The fourth-order valence-corrected chi connectivity index (χ4v) is 1.34. The van der Waals surface area contributed by atoms with Crippen LogP contribution in [0, 0.1) is 5.92 Å². The quantitative estimate of drug-likeness (QED) is 0.468. The maximum absolute atomic E-state index is 11.0. The normalized spacial score (nSPS) is 20.4. The lowest BCUT2D eigenvalue weighted by molar-refractivity contribution is -0.135. The molecule has 6 nitrogen and oxygen atoms in total. The van der Waals surface area contributed by atoms with Crippen LogP contribution in [0.2, 0.25) is 0 Å². The second-order valence-electron chi connectivity index (χ2n) is 3.32. The number of carbonyl (C=O) groups excluding carboxylic acids is 1. The molecule has 80 valence electrons. The van der Waals surface area contributed by atoms with E-state index >= 15 is 0 Å². The van der Waals surface area contributed by atoms with Gasteiger partial charge in [0.15, 0.2) is 0 Å². The highest BCUT2D eigenvalue weighted by Gasteiger charge is 2.14. The molecule has 0 bridgehead atoms. The zero-order valence-electron chi connectivity index (χ0n) is 7.88. The summed E-state index contributed by atoms with van der Waals surface area (Å²) in [6.45, 7) is 2.16. The lowest BCUT2D eigenvalue weighted by atomic mass is 10.1. The predicted octanol–water partition coefficient (Wildman–Crippen LogP) is -1.02. The van der Waals surface area contributed by atoms with Crippen molar-refractivity contribution in [1.29, 1.82) is 0 Å². The Hall–Kier alpha value is -1.30. The molecule has 0 radical (unpaired) electrons. The lowest BCUT2D eigenvalue weighted by Gasteiger charge is -2.09. The molecule has 1 atom stereocenters. The van der Waals surface area contributed by atoms with E-state index in [1.807, 2.05) is 0 Å². The smallest absolute Gasteiger partial charge is 0.323 e. The lowest BCUT2D eigenvalue weighted by Crippen LogP contribution is -2.40. The number of carboxylic acids is 1. The summed E-state index contributed by atoms with van der Waals surface area (Å²) in [5.74, 6) is -0.576. The van der Waals surface area contributed by atoms with E-state index in [1.54, 1.807) is 0 Å². The molecule has 1 saturated heterocycles. The van der Waals surface area contributed by atoms with Crippen molar-refractivity contribution in [2.75, 3.05) is 26.2 Å². The highest BCUT2D eigenvalue weighted by molar-refractivity contribution is 5.79. The minimum atomic E-state index is -1.04. The fourth-order valence-electron chi connectivity index (χ4n) is 1.34. The van der Waals surface area contributed by atoms with E-state index < -0.39 is 12.0 Å². The summed E-state index contributed by atoms with van der Waals surface area (Å²) in [5.41, 5.74) is 0. The van der Waals surface area contributed by atoms with Gasteiger partial charge in [-0.15, -0.1) is 0 Å². The van der Waals surface area contributed by atoms with Gasteiger partial charge in [0.25, 0.3) is 0 Å². The summed E-state index contributed by atoms with van der Waals surface area (Å²) in [7, 11) is 0. The highest BCUT2D eigenvalue weighted by atomic mass is 16.4. The van der Waals surface area contributed by atoms with Gasteiger partial charge in [-0.1, -0.05) is 0 Å². The summed E-state index contributed by atoms with van der Waals surface area (Å²) in [5, 5.41) is 16.3. The molecule has 6 heteroatoms. The number of urea groups is 1. The van der Waals surface area contributed by atoms with Crippen molar-refractivity contribution in [3.8, 4) is 0 Å². The molecular formula is C8H15N3O3. The number of rotatable bonds is 4. The molecule has 0 spiro atoms. The number of aliphatic carboxylic acids is 1. The van der Waals surface area contributed by atoms with Gasteiger partial charge in [-0.2, -0.15) is 0 Å². The van der Waals surface area contributed by atoms with Gasteiger partial charge in [0.05, 0.1) is 0 Å². The first-order valence-corrected chi connectivity index (χ1v) is 4.62. The number of hydrogen-bond donors (Lipinski definition) is 4. The molecule has 1 unspecified atom stereocenters. The third-order valence-corrected chi connectivity index (χ3v) is 2.11. The van der Waals surface area contributed by atoms with Gasteiger partial charge in [-0.25, -0.2) is 4.79 Å². The molecule has 1 fully saturated rings. The van der Waals surface area contributed by atoms with E-state index in [9.17, 15) is 9.59 Å². The van der Waals surface area contributed by atoms with E-state index in [4.69, 9.17) is 5.11 Å². The van der Waals surface area contributed by atoms with Crippen LogP contribution in [0.25, 0.3) is 0 Å². The van der Waals surface area contributed by atoms with Crippen molar-refractivity contribution >= 4 is 12.0 Å². The summed E-state index contributed by atoms with van der Waals surface area (Å²) in [6, 6.07) is -0.417. The monoisotopic (exact) mass is 201 g/mol. The first-order chi connectivity index (χ1) is 6.68. The van der Waals surface area contributed by atoms with Gasteiger partial charge in [-0.05, 0) is 25.4 Å². The Kier molecular flexibility index (Phi) is 4.18. The molecule has 4 N–H and O–H groups in total. The van der Waals surface area contributed by atoms with Crippen LogP contribution in [0.15, 0.2) is 0 Å². The van der Waals surface area contributed by atoms with E-state index in [1.165, 1.54) is 0 Å². The fraction of sp³-hybridized carbons (Fsp3) is 0.750. The molecule has 0 aliphatic carbocycles. The van der Waals surface area contributed by atoms with Crippen LogP contribution in [0.3, 0.4) is 0 Å². The van der Waals surface area contributed by atoms with Crippen LogP contribution in [-0.2, 0) is 4.79 Å². The Balaban J connectivity index is 2.05. The Bertz CT molecular complexity index is 214. The van der Waals surface area contributed by atoms with E-state index in [2.05, 4.69) is 16.0 Å². The molecule has 1 aliphatic heterocycles. The number of nitrogens with one attached hydrogen (secondary N) is 3. The topological polar surface area (TPSA) is 90.5 Å². The Morgan fingerprint density at radius 2 is 2.21 bits per heavy atom. The Morgan fingerprint density at radius 3 is 2.79 bits per heavy atom. The van der Waals surface area contributed by atoms with Crippen LogP contribution in [0.4, 0.5) is 4.79 Å². The molecule has 2 amide bonds. The number of amides is 2. The molecule has 1 heterocycles. The average molecular weight is 201 g/mol. The van der Waals surface area contributed by atoms with E-state index in [0.717, 1.165) is 19.5 Å². The Morgan fingerprint density at radius 1 is 1.43 bits per heavy atom. The summed E-state index contributed by atoms with van der Waals surface area (Å²) >= 11 is 0. The summed E-state index contributed by atoms with van der Waals surface area (Å²) in [6.07, 6.45) is 1.05. The van der Waals surface area contributed by atoms with Gasteiger partial charge in [0, 0.05) is 6.54 Å². The van der Waals surface area contributed by atoms with Crippen molar-refractivity contribution in [1.82, 2.24) is 16.0 Å². The standard InChI is InChI=1S/C8H15N3O3/c12-7(13)5-11-8(14)10-4-6-1-2-9-3-6/h6,9H,1-5H2,(H,12,13)(H2,10,11,14). The first kappa shape index (κ1) is 10.8. The molecule has 0 aromatic heterocycles. The zero-order valence-corrected chi connectivity index (χ0v) is 7.88. The van der Waals surface area contributed by atoms with Crippen LogP contribution >= 0.6 is 0 Å². The SMILES string of the molecule is O=C(O)CNC(=O)NCC1CCNC1. The Labute approximate surface area is 82.1 Å². The predicted molar refractivity (Wildman–Crippen MR) is 50.0 cm³/mol. The third kappa shape index (κ3) is 4.08. The second kappa shape index (κ2) is 5.43. The van der Waals surface area contributed by atoms with Crippen LogP contribution in [-0.4, -0.2) is 43.3 Å². The maximum atomic E-state index is 11.0.